The Morgan fingerprint density at radius 1 is 1.33 bits per heavy atom. The monoisotopic (exact) mass is 394 g/mol. The summed E-state index contributed by atoms with van der Waals surface area (Å²) in [6.45, 7) is 1.61. The van der Waals surface area contributed by atoms with Gasteiger partial charge in [0.25, 0.3) is 5.76 Å². The van der Waals surface area contributed by atoms with Crippen LogP contribution < -0.4 is 5.43 Å². The minimum atomic E-state index is -0.969. The van der Waals surface area contributed by atoms with Crippen LogP contribution in [0.3, 0.4) is 0 Å². The fourth-order valence-electron chi connectivity index (χ4n) is 2.21. The summed E-state index contributed by atoms with van der Waals surface area (Å²) in [5, 5.41) is 18.1. The maximum absolute atomic E-state index is 13.7. The number of halogens is 2. The topological polar surface area (TPSA) is 103 Å². The van der Waals surface area contributed by atoms with Crippen LogP contribution in [0.15, 0.2) is 33.7 Å². The Labute approximate surface area is 154 Å². The average molecular weight is 394 g/mol. The van der Waals surface area contributed by atoms with Gasteiger partial charge in [0.2, 0.25) is 11.2 Å². The highest BCUT2D eigenvalue weighted by Crippen LogP contribution is 2.26. The lowest BCUT2D eigenvalue weighted by Gasteiger charge is -2.03. The van der Waals surface area contributed by atoms with Crippen molar-refractivity contribution in [2.45, 2.75) is 13.3 Å². The van der Waals surface area contributed by atoms with Crippen LogP contribution >= 0.6 is 11.3 Å². The van der Waals surface area contributed by atoms with Crippen molar-refractivity contribution in [2.24, 2.45) is 0 Å². The summed E-state index contributed by atoms with van der Waals surface area (Å²) in [5.41, 5.74) is -0.768. The Hall–Kier alpha value is -3.14. The zero-order chi connectivity index (χ0) is 19.6. The Bertz CT molecular complexity index is 1060. The molecular weight excluding hydrogens is 382 g/mol. The van der Waals surface area contributed by atoms with Gasteiger partial charge in [-0.25, -0.2) is 13.6 Å². The van der Waals surface area contributed by atoms with Crippen LogP contribution in [-0.2, 0) is 11.2 Å². The molecule has 0 radical (unpaired) electrons. The van der Waals surface area contributed by atoms with Gasteiger partial charge in [-0.2, -0.15) is 0 Å². The molecule has 0 bridgehead atoms. The third-order valence-corrected chi connectivity index (χ3v) is 4.44. The molecule has 3 rings (SSSR count). The SMILES string of the molecule is CCOC(=O)c1occ(-c2nnc(Cc3ccc(F)cc3F)s2)c(=O)c1O. The molecule has 0 spiro atoms. The van der Waals surface area contributed by atoms with Crippen LogP contribution in [0.25, 0.3) is 10.6 Å². The van der Waals surface area contributed by atoms with Crippen molar-refractivity contribution in [2.75, 3.05) is 6.61 Å². The number of aromatic nitrogens is 2. The number of benzene rings is 1. The molecule has 0 fully saturated rings. The molecule has 0 aliphatic carbocycles. The van der Waals surface area contributed by atoms with Crippen LogP contribution in [0.2, 0.25) is 0 Å². The number of aromatic hydroxyl groups is 1. The van der Waals surface area contributed by atoms with Crippen LogP contribution in [0, 0.1) is 11.6 Å². The first kappa shape index (κ1) is 18.6. The van der Waals surface area contributed by atoms with Crippen molar-refractivity contribution in [1.29, 1.82) is 0 Å². The van der Waals surface area contributed by atoms with E-state index in [1.165, 1.54) is 6.07 Å². The van der Waals surface area contributed by atoms with E-state index >= 15 is 0 Å². The van der Waals surface area contributed by atoms with Crippen molar-refractivity contribution in [1.82, 2.24) is 10.2 Å². The zero-order valence-electron chi connectivity index (χ0n) is 13.9. The molecule has 0 amide bonds. The minimum Gasteiger partial charge on any atom is -0.501 e. The van der Waals surface area contributed by atoms with E-state index in [1.807, 2.05) is 0 Å². The Morgan fingerprint density at radius 3 is 2.81 bits per heavy atom. The highest BCUT2D eigenvalue weighted by Gasteiger charge is 2.23. The molecule has 0 saturated heterocycles. The number of carbonyl (C=O) groups is 1. The molecule has 0 atom stereocenters. The second-order valence-corrected chi connectivity index (χ2v) is 6.35. The molecule has 2 heterocycles. The van der Waals surface area contributed by atoms with Gasteiger partial charge in [0.1, 0.15) is 22.9 Å². The smallest absolute Gasteiger partial charge is 0.378 e. The van der Waals surface area contributed by atoms with E-state index < -0.39 is 34.5 Å². The maximum Gasteiger partial charge on any atom is 0.378 e. The van der Waals surface area contributed by atoms with Crippen LogP contribution in [-0.4, -0.2) is 27.9 Å². The fourth-order valence-corrected chi connectivity index (χ4v) is 3.07. The molecule has 27 heavy (non-hydrogen) atoms. The van der Waals surface area contributed by atoms with E-state index in [1.54, 1.807) is 6.92 Å². The van der Waals surface area contributed by atoms with Gasteiger partial charge in [-0.05, 0) is 18.6 Å². The lowest BCUT2D eigenvalue weighted by Crippen LogP contribution is -2.12. The molecule has 0 aliphatic heterocycles. The van der Waals surface area contributed by atoms with Gasteiger partial charge in [0.15, 0.2) is 5.01 Å². The summed E-state index contributed by atoms with van der Waals surface area (Å²) in [4.78, 5) is 23.9. The Balaban J connectivity index is 1.89. The number of rotatable bonds is 5. The average Bonchev–Trinajstić information content (AvgIpc) is 3.08. The molecule has 140 valence electrons. The van der Waals surface area contributed by atoms with Gasteiger partial charge in [-0.3, -0.25) is 4.79 Å². The summed E-state index contributed by atoms with van der Waals surface area (Å²) in [5.74, 6) is -3.88. The van der Waals surface area contributed by atoms with Crippen LogP contribution in [0.1, 0.15) is 28.0 Å². The molecule has 10 heteroatoms. The molecule has 1 aromatic carbocycles. The summed E-state index contributed by atoms with van der Waals surface area (Å²) in [6.07, 6.45) is 1.01. The standard InChI is InChI=1S/C17H12F2N2O5S/c1-2-25-17(24)15-14(23)13(22)10(7-26-15)16-21-20-12(27-16)5-8-3-4-9(18)6-11(8)19/h3-4,6-7,23H,2,5H2,1H3. The molecule has 0 saturated carbocycles. The maximum atomic E-state index is 13.7. The Kier molecular flexibility index (Phi) is 5.26. The molecule has 2 aromatic heterocycles. The minimum absolute atomic E-state index is 0.0437. The van der Waals surface area contributed by atoms with Crippen LogP contribution in [0.4, 0.5) is 8.78 Å². The highest BCUT2D eigenvalue weighted by atomic mass is 32.1. The zero-order valence-corrected chi connectivity index (χ0v) is 14.7. The first-order chi connectivity index (χ1) is 12.9. The number of nitrogens with zero attached hydrogens (tertiary/aromatic N) is 2. The van der Waals surface area contributed by atoms with Gasteiger partial charge < -0.3 is 14.3 Å². The first-order valence-corrected chi connectivity index (χ1v) is 8.51. The number of esters is 1. The summed E-state index contributed by atoms with van der Waals surface area (Å²) >= 11 is 0.971. The van der Waals surface area contributed by atoms with Gasteiger partial charge >= 0.3 is 5.97 Å². The summed E-state index contributed by atoms with van der Waals surface area (Å²) in [6, 6.07) is 3.18. The van der Waals surface area contributed by atoms with E-state index in [4.69, 9.17) is 4.42 Å². The summed E-state index contributed by atoms with van der Waals surface area (Å²) < 4.78 is 36.4. The summed E-state index contributed by atoms with van der Waals surface area (Å²) in [7, 11) is 0. The van der Waals surface area contributed by atoms with Crippen molar-refractivity contribution in [3.05, 3.63) is 62.7 Å². The predicted octanol–water partition coefficient (Wildman–Crippen LogP) is 2.91. The molecular formula is C17H12F2N2O5S. The van der Waals surface area contributed by atoms with Gasteiger partial charge in [-0.15, -0.1) is 10.2 Å². The predicted molar refractivity (Wildman–Crippen MR) is 90.7 cm³/mol. The van der Waals surface area contributed by atoms with Crippen LogP contribution in [0.5, 0.6) is 5.75 Å². The molecule has 0 aliphatic rings. The fraction of sp³-hybridized carbons (Fsp3) is 0.176. The van der Waals surface area contributed by atoms with Gasteiger partial charge in [0.05, 0.1) is 12.2 Å². The third-order valence-electron chi connectivity index (χ3n) is 3.48. The molecule has 0 unspecified atom stereocenters. The highest BCUT2D eigenvalue weighted by molar-refractivity contribution is 7.14. The lowest BCUT2D eigenvalue weighted by molar-refractivity contribution is 0.0481. The Morgan fingerprint density at radius 2 is 2.11 bits per heavy atom. The second kappa shape index (κ2) is 7.62. The van der Waals surface area contributed by atoms with E-state index in [0.29, 0.717) is 5.01 Å². The van der Waals surface area contributed by atoms with Crippen molar-refractivity contribution >= 4 is 17.3 Å². The number of hydrogen-bond donors (Lipinski definition) is 1. The second-order valence-electron chi connectivity index (χ2n) is 5.29. The third kappa shape index (κ3) is 3.85. The van der Waals surface area contributed by atoms with Gasteiger partial charge in [-0.1, -0.05) is 17.4 Å². The van der Waals surface area contributed by atoms with E-state index in [-0.39, 0.29) is 29.2 Å². The first-order valence-electron chi connectivity index (χ1n) is 7.69. The van der Waals surface area contributed by atoms with E-state index in [9.17, 15) is 23.5 Å². The van der Waals surface area contributed by atoms with Crippen molar-refractivity contribution < 1.29 is 27.8 Å². The molecule has 3 aromatic rings. The molecule has 7 nitrogen and oxygen atoms in total. The quantitative estimate of drug-likeness (QED) is 0.664. The van der Waals surface area contributed by atoms with Gasteiger partial charge in [0, 0.05) is 12.5 Å². The normalized spacial score (nSPS) is 10.8. The number of carbonyl (C=O) groups excluding carboxylic acids is 1. The van der Waals surface area contributed by atoms with Crippen molar-refractivity contribution in [3.8, 4) is 16.3 Å². The molecule has 1 N–H and O–H groups in total. The lowest BCUT2D eigenvalue weighted by atomic mass is 10.1. The van der Waals surface area contributed by atoms with Crippen molar-refractivity contribution in [3.63, 3.8) is 0 Å². The van der Waals surface area contributed by atoms with E-state index in [2.05, 4.69) is 14.9 Å². The van der Waals surface area contributed by atoms with E-state index in [0.717, 1.165) is 29.7 Å². The number of ether oxygens (including phenoxy) is 1. The largest absolute Gasteiger partial charge is 0.501 e. The number of hydrogen-bond acceptors (Lipinski definition) is 8.